The van der Waals surface area contributed by atoms with E-state index in [1.165, 1.54) is 44.1 Å². The van der Waals surface area contributed by atoms with E-state index in [2.05, 4.69) is 16.7 Å². The van der Waals surface area contributed by atoms with Gasteiger partial charge in [0.15, 0.2) is 0 Å². The van der Waals surface area contributed by atoms with E-state index in [4.69, 9.17) is 0 Å². The number of carbonyl (C=O) groups is 2. The van der Waals surface area contributed by atoms with Crippen LogP contribution < -0.4 is 10.6 Å². The van der Waals surface area contributed by atoms with E-state index in [9.17, 15) is 9.59 Å². The molecule has 1 atom stereocenters. The van der Waals surface area contributed by atoms with E-state index in [1.54, 1.807) is 0 Å². The molecule has 2 N–H and O–H groups in total. The van der Waals surface area contributed by atoms with Crippen LogP contribution in [0.5, 0.6) is 0 Å². The molecule has 5 heteroatoms. The molecule has 0 aromatic rings. The summed E-state index contributed by atoms with van der Waals surface area (Å²) in [6.45, 7) is 2.12. The van der Waals surface area contributed by atoms with Crippen molar-refractivity contribution in [3.63, 3.8) is 0 Å². The Balaban J connectivity index is 1.07. The Labute approximate surface area is 168 Å². The summed E-state index contributed by atoms with van der Waals surface area (Å²) >= 11 is 0. The van der Waals surface area contributed by atoms with Gasteiger partial charge in [-0.3, -0.25) is 4.79 Å². The van der Waals surface area contributed by atoms with Crippen molar-refractivity contribution in [3.05, 3.63) is 11.6 Å². The van der Waals surface area contributed by atoms with E-state index in [0.717, 1.165) is 56.5 Å². The van der Waals surface area contributed by atoms with Crippen molar-refractivity contribution in [3.8, 4) is 0 Å². The first kappa shape index (κ1) is 18.5. The fraction of sp³-hybridized carbons (Fsp3) is 0.826. The number of fused-ring (bicyclic) bond motifs is 1. The molecule has 1 saturated heterocycles. The first-order valence-corrected chi connectivity index (χ1v) is 11.6. The van der Waals surface area contributed by atoms with Crippen molar-refractivity contribution in [1.29, 1.82) is 0 Å². The van der Waals surface area contributed by atoms with Gasteiger partial charge in [-0.2, -0.15) is 0 Å². The first-order valence-electron chi connectivity index (χ1n) is 11.6. The summed E-state index contributed by atoms with van der Waals surface area (Å²) in [5.74, 6) is 3.36. The molecular weight excluding hydrogens is 350 g/mol. The number of allylic oxidation sites excluding steroid dienone is 1. The van der Waals surface area contributed by atoms with Gasteiger partial charge < -0.3 is 15.5 Å². The van der Waals surface area contributed by atoms with Crippen LogP contribution in [-0.2, 0) is 4.79 Å². The number of carbonyl (C=O) groups excluding carboxylic acids is 2. The number of rotatable bonds is 4. The van der Waals surface area contributed by atoms with Crippen molar-refractivity contribution < 1.29 is 9.59 Å². The number of piperidine rings is 1. The Hall–Kier alpha value is -1.52. The van der Waals surface area contributed by atoms with Gasteiger partial charge in [-0.25, -0.2) is 4.79 Å². The smallest absolute Gasteiger partial charge is 0.315 e. The molecule has 154 valence electrons. The minimum Gasteiger partial charge on any atom is -0.339 e. The summed E-state index contributed by atoms with van der Waals surface area (Å²) in [6, 6.07) is -0.0663. The van der Waals surface area contributed by atoms with Crippen LogP contribution in [0.4, 0.5) is 4.79 Å². The Morgan fingerprint density at radius 2 is 1.79 bits per heavy atom. The molecule has 0 radical (unpaired) electrons. The number of nitrogens with one attached hydrogen (secondary N) is 2. The van der Waals surface area contributed by atoms with Crippen LogP contribution in [0.1, 0.15) is 70.6 Å². The average Bonchev–Trinajstić information content (AvgIpc) is 2.66. The number of amides is 3. The first-order chi connectivity index (χ1) is 13.6. The highest BCUT2D eigenvalue weighted by Crippen LogP contribution is 2.55. The van der Waals surface area contributed by atoms with E-state index in [0.29, 0.717) is 18.9 Å². The van der Waals surface area contributed by atoms with Crippen LogP contribution in [0.25, 0.3) is 0 Å². The van der Waals surface area contributed by atoms with Gasteiger partial charge in [-0.1, -0.05) is 11.6 Å². The molecule has 6 aliphatic rings. The lowest BCUT2D eigenvalue weighted by atomic mass is 9.53. The monoisotopic (exact) mass is 385 g/mol. The zero-order valence-corrected chi connectivity index (χ0v) is 17.0. The SMILES string of the molecule is O=C(NCCC(=O)N1CCC2CCCC=C2C1)NC12CC3CC(CC(C3)C1)C2. The molecule has 1 aliphatic heterocycles. The van der Waals surface area contributed by atoms with Gasteiger partial charge in [0.05, 0.1) is 0 Å². The minimum atomic E-state index is -0.0663. The predicted molar refractivity (Wildman–Crippen MR) is 109 cm³/mol. The quantitative estimate of drug-likeness (QED) is 0.727. The molecule has 5 nitrogen and oxygen atoms in total. The zero-order chi connectivity index (χ0) is 19.1. The number of hydrogen-bond donors (Lipinski definition) is 2. The number of urea groups is 1. The van der Waals surface area contributed by atoms with Crippen LogP contribution >= 0.6 is 0 Å². The second kappa shape index (κ2) is 7.38. The number of hydrogen-bond acceptors (Lipinski definition) is 2. The molecule has 1 unspecified atom stereocenters. The maximum absolute atomic E-state index is 12.6. The molecule has 1 heterocycles. The van der Waals surface area contributed by atoms with Crippen molar-refractivity contribution in [1.82, 2.24) is 15.5 Å². The lowest BCUT2D eigenvalue weighted by molar-refractivity contribution is -0.131. The third-order valence-corrected chi connectivity index (χ3v) is 8.20. The molecule has 4 bridgehead atoms. The van der Waals surface area contributed by atoms with Crippen LogP contribution in [0.3, 0.4) is 0 Å². The summed E-state index contributed by atoms with van der Waals surface area (Å²) in [4.78, 5) is 27.1. The molecule has 6 rings (SSSR count). The molecule has 0 aromatic heterocycles. The summed E-state index contributed by atoms with van der Waals surface area (Å²) in [7, 11) is 0. The van der Waals surface area contributed by atoms with Crippen molar-refractivity contribution in [2.75, 3.05) is 19.6 Å². The maximum Gasteiger partial charge on any atom is 0.315 e. The molecule has 0 aromatic carbocycles. The van der Waals surface area contributed by atoms with E-state index < -0.39 is 0 Å². The molecule has 3 amide bonds. The lowest BCUT2D eigenvalue weighted by Crippen LogP contribution is -2.61. The van der Waals surface area contributed by atoms with Gasteiger partial charge in [0, 0.05) is 31.6 Å². The molecule has 4 saturated carbocycles. The molecular formula is C23H35N3O2. The highest BCUT2D eigenvalue weighted by molar-refractivity contribution is 5.79. The predicted octanol–water partition coefficient (Wildman–Crippen LogP) is 3.60. The summed E-state index contributed by atoms with van der Waals surface area (Å²) in [5, 5.41) is 6.30. The van der Waals surface area contributed by atoms with Crippen LogP contribution in [0.2, 0.25) is 0 Å². The Kier molecular flexibility index (Phi) is 4.88. The van der Waals surface area contributed by atoms with Gasteiger partial charge >= 0.3 is 6.03 Å². The lowest BCUT2D eigenvalue weighted by Gasteiger charge is -2.56. The number of likely N-dealkylation sites (tertiary alicyclic amines) is 1. The molecule has 28 heavy (non-hydrogen) atoms. The summed E-state index contributed by atoms with van der Waals surface area (Å²) in [5.41, 5.74) is 1.51. The number of nitrogens with zero attached hydrogens (tertiary/aromatic N) is 1. The Morgan fingerprint density at radius 1 is 1.07 bits per heavy atom. The van der Waals surface area contributed by atoms with Gasteiger partial charge in [0.2, 0.25) is 5.91 Å². The topological polar surface area (TPSA) is 61.4 Å². The van der Waals surface area contributed by atoms with Crippen molar-refractivity contribution >= 4 is 11.9 Å². The second-order valence-corrected chi connectivity index (χ2v) is 10.3. The van der Waals surface area contributed by atoms with Crippen molar-refractivity contribution in [2.24, 2.45) is 23.7 Å². The van der Waals surface area contributed by atoms with E-state index >= 15 is 0 Å². The van der Waals surface area contributed by atoms with Crippen LogP contribution in [0.15, 0.2) is 11.6 Å². The fourth-order valence-corrected chi connectivity index (χ4v) is 7.34. The standard InChI is InChI=1S/C23H35N3O2/c27-21(26-8-6-19-3-1-2-4-20(19)15-26)5-7-24-22(28)25-23-12-16-9-17(13-23)11-18(10-16)14-23/h4,16-19H,1-3,5-15H2,(H2,24,25,28). The van der Waals surface area contributed by atoms with Crippen LogP contribution in [0, 0.1) is 23.7 Å². The Morgan fingerprint density at radius 3 is 2.50 bits per heavy atom. The van der Waals surface area contributed by atoms with Gasteiger partial charge in [-0.05, 0) is 87.9 Å². The molecule has 5 aliphatic carbocycles. The summed E-state index contributed by atoms with van der Waals surface area (Å²) in [6.07, 6.45) is 15.2. The molecule has 5 fully saturated rings. The van der Waals surface area contributed by atoms with Gasteiger partial charge in [0.1, 0.15) is 0 Å². The largest absolute Gasteiger partial charge is 0.339 e. The van der Waals surface area contributed by atoms with E-state index in [-0.39, 0.29) is 17.5 Å². The van der Waals surface area contributed by atoms with Crippen LogP contribution in [-0.4, -0.2) is 42.0 Å². The van der Waals surface area contributed by atoms with Crippen molar-refractivity contribution in [2.45, 2.75) is 76.2 Å². The normalized spacial score (nSPS) is 38.6. The van der Waals surface area contributed by atoms with Gasteiger partial charge in [0.25, 0.3) is 0 Å². The van der Waals surface area contributed by atoms with Gasteiger partial charge in [-0.15, -0.1) is 0 Å². The second-order valence-electron chi connectivity index (χ2n) is 10.3. The highest BCUT2D eigenvalue weighted by Gasteiger charge is 2.51. The summed E-state index contributed by atoms with van der Waals surface area (Å²) < 4.78 is 0. The fourth-order valence-electron chi connectivity index (χ4n) is 7.34. The van der Waals surface area contributed by atoms with E-state index in [1.807, 2.05) is 4.90 Å². The molecule has 0 spiro atoms. The third-order valence-electron chi connectivity index (χ3n) is 8.20. The zero-order valence-electron chi connectivity index (χ0n) is 17.0. The Bertz CT molecular complexity index is 635. The highest BCUT2D eigenvalue weighted by atomic mass is 16.2. The third kappa shape index (κ3) is 3.69. The maximum atomic E-state index is 12.6. The minimum absolute atomic E-state index is 0.0399. The average molecular weight is 386 g/mol.